The lowest BCUT2D eigenvalue weighted by molar-refractivity contribution is 0.0787. The van der Waals surface area contributed by atoms with E-state index in [9.17, 15) is 4.79 Å². The number of amides is 1. The molecule has 1 amide bonds. The summed E-state index contributed by atoms with van der Waals surface area (Å²) in [6.45, 7) is 2.50. The van der Waals surface area contributed by atoms with Crippen LogP contribution in [0, 0.1) is 6.92 Å². The molecule has 1 N–H and O–H groups in total. The van der Waals surface area contributed by atoms with Crippen molar-refractivity contribution in [3.8, 4) is 11.5 Å². The number of carbonyl (C=O) groups is 1. The van der Waals surface area contributed by atoms with Crippen molar-refractivity contribution < 1.29 is 18.8 Å². The van der Waals surface area contributed by atoms with Crippen LogP contribution in [0.1, 0.15) is 22.1 Å². The van der Waals surface area contributed by atoms with E-state index in [2.05, 4.69) is 15.5 Å². The predicted octanol–water partition coefficient (Wildman–Crippen LogP) is 3.24. The van der Waals surface area contributed by atoms with Crippen LogP contribution in [-0.4, -0.2) is 35.3 Å². The Labute approximate surface area is 166 Å². The number of aryl methyl sites for hydroxylation is 1. The average molecular weight is 397 g/mol. The normalized spacial score (nSPS) is 15.2. The summed E-state index contributed by atoms with van der Waals surface area (Å²) in [6, 6.07) is 15.0. The highest BCUT2D eigenvalue weighted by molar-refractivity contribution is 7.98. The van der Waals surface area contributed by atoms with Crippen LogP contribution in [0.2, 0.25) is 0 Å². The molecule has 1 aromatic heterocycles. The molecule has 28 heavy (non-hydrogen) atoms. The monoisotopic (exact) mass is 397 g/mol. The Balaban J connectivity index is 1.36. The highest BCUT2D eigenvalue weighted by Gasteiger charge is 2.22. The van der Waals surface area contributed by atoms with E-state index in [1.165, 1.54) is 11.8 Å². The smallest absolute Gasteiger partial charge is 0.252 e. The van der Waals surface area contributed by atoms with Crippen molar-refractivity contribution in [3.05, 3.63) is 65.8 Å². The minimum Gasteiger partial charge on any atom is -0.486 e. The maximum absolute atomic E-state index is 12.7. The fourth-order valence-corrected chi connectivity index (χ4v) is 3.68. The van der Waals surface area contributed by atoms with Gasteiger partial charge in [0, 0.05) is 11.8 Å². The molecule has 3 aromatic rings. The van der Waals surface area contributed by atoms with Crippen LogP contribution in [-0.2, 0) is 5.75 Å². The first kappa shape index (κ1) is 18.4. The summed E-state index contributed by atoms with van der Waals surface area (Å²) in [5.74, 6) is 2.91. The zero-order chi connectivity index (χ0) is 19.3. The van der Waals surface area contributed by atoms with E-state index in [1.807, 2.05) is 42.5 Å². The molecule has 1 aliphatic heterocycles. The number of nitrogens with one attached hydrogen (secondary N) is 1. The molecule has 1 atom stereocenters. The van der Waals surface area contributed by atoms with Crippen LogP contribution in [0.15, 0.2) is 57.9 Å². The number of rotatable bonds is 6. The van der Waals surface area contributed by atoms with E-state index >= 15 is 0 Å². The number of fused-ring (bicyclic) bond motifs is 1. The molecule has 0 saturated carbocycles. The number of carbonyl (C=O) groups excluding carboxylic acids is 1. The summed E-state index contributed by atoms with van der Waals surface area (Å²) in [7, 11) is 0. The zero-order valence-corrected chi connectivity index (χ0v) is 16.1. The maximum Gasteiger partial charge on any atom is 0.252 e. The molecule has 1 aliphatic rings. The second-order valence-corrected chi connectivity index (χ2v) is 7.24. The van der Waals surface area contributed by atoms with Gasteiger partial charge in [-0.3, -0.25) is 4.79 Å². The molecular weight excluding hydrogens is 378 g/mol. The van der Waals surface area contributed by atoms with E-state index in [0.717, 1.165) is 10.6 Å². The summed E-state index contributed by atoms with van der Waals surface area (Å²) in [5, 5.41) is 6.82. The van der Waals surface area contributed by atoms with Crippen molar-refractivity contribution in [1.82, 2.24) is 15.5 Å². The first-order valence-electron chi connectivity index (χ1n) is 8.87. The molecule has 7 nitrogen and oxygen atoms in total. The molecule has 0 spiro atoms. The van der Waals surface area contributed by atoms with Crippen LogP contribution in [0.4, 0.5) is 0 Å². The van der Waals surface area contributed by atoms with Crippen molar-refractivity contribution >= 4 is 17.7 Å². The Morgan fingerprint density at radius 3 is 2.79 bits per heavy atom. The van der Waals surface area contributed by atoms with E-state index in [4.69, 9.17) is 14.0 Å². The summed E-state index contributed by atoms with van der Waals surface area (Å²) in [5.41, 5.74) is 0.602. The van der Waals surface area contributed by atoms with Crippen molar-refractivity contribution in [2.45, 2.75) is 23.7 Å². The van der Waals surface area contributed by atoms with Gasteiger partial charge in [-0.05, 0) is 24.3 Å². The largest absolute Gasteiger partial charge is 0.486 e. The van der Waals surface area contributed by atoms with Gasteiger partial charge in [0.1, 0.15) is 12.7 Å². The van der Waals surface area contributed by atoms with Crippen LogP contribution >= 0.6 is 11.8 Å². The Bertz CT molecular complexity index is 975. The fraction of sp³-hybridized carbons (Fsp3) is 0.250. The minimum atomic E-state index is -0.235. The van der Waals surface area contributed by atoms with Crippen molar-refractivity contribution in [2.75, 3.05) is 13.2 Å². The molecule has 0 bridgehead atoms. The number of thioether (sulfide) groups is 1. The number of nitrogens with zero attached hydrogens (tertiary/aromatic N) is 2. The third-order valence-corrected chi connectivity index (χ3v) is 5.19. The highest BCUT2D eigenvalue weighted by Crippen LogP contribution is 2.31. The van der Waals surface area contributed by atoms with Crippen LogP contribution in [0.25, 0.3) is 0 Å². The Morgan fingerprint density at radius 2 is 1.96 bits per heavy atom. The summed E-state index contributed by atoms with van der Waals surface area (Å²) >= 11 is 1.49. The van der Waals surface area contributed by atoms with Crippen molar-refractivity contribution in [2.24, 2.45) is 0 Å². The molecule has 0 radical (unpaired) electrons. The average Bonchev–Trinajstić information content (AvgIpc) is 3.15. The minimum absolute atomic E-state index is 0.158. The first-order valence-corrected chi connectivity index (χ1v) is 9.85. The van der Waals surface area contributed by atoms with E-state index < -0.39 is 0 Å². The lowest BCUT2D eigenvalue weighted by Crippen LogP contribution is -2.40. The lowest BCUT2D eigenvalue weighted by atomic mass is 10.2. The Hall–Kier alpha value is -3.00. The van der Waals surface area contributed by atoms with Gasteiger partial charge in [0.2, 0.25) is 5.89 Å². The Kier molecular flexibility index (Phi) is 5.48. The second-order valence-electron chi connectivity index (χ2n) is 6.22. The van der Waals surface area contributed by atoms with E-state index in [1.54, 1.807) is 13.0 Å². The van der Waals surface area contributed by atoms with Gasteiger partial charge in [0.05, 0.1) is 17.9 Å². The molecule has 2 aromatic carbocycles. The van der Waals surface area contributed by atoms with Crippen molar-refractivity contribution in [3.63, 3.8) is 0 Å². The van der Waals surface area contributed by atoms with Gasteiger partial charge in [-0.2, -0.15) is 4.98 Å². The summed E-state index contributed by atoms with van der Waals surface area (Å²) in [4.78, 5) is 17.7. The lowest BCUT2D eigenvalue weighted by Gasteiger charge is -2.26. The molecule has 4 rings (SSSR count). The fourth-order valence-electron chi connectivity index (χ4n) is 2.79. The maximum atomic E-state index is 12.7. The number of benzene rings is 2. The second kappa shape index (κ2) is 8.35. The molecule has 0 fully saturated rings. The molecule has 8 heteroatoms. The topological polar surface area (TPSA) is 86.5 Å². The van der Waals surface area contributed by atoms with Gasteiger partial charge in [-0.25, -0.2) is 0 Å². The standard InChI is InChI=1S/C20H19N3O4S/c1-13-22-19(23-27-13)12-28-18-9-5-2-6-15(18)20(24)21-10-14-11-25-16-7-3-4-8-17(16)26-14/h2-9,14H,10-12H2,1H3,(H,21,24). The first-order chi connectivity index (χ1) is 13.7. The van der Waals surface area contributed by atoms with Gasteiger partial charge in [-0.15, -0.1) is 11.8 Å². The van der Waals surface area contributed by atoms with E-state index in [-0.39, 0.29) is 12.0 Å². The Morgan fingerprint density at radius 1 is 1.18 bits per heavy atom. The van der Waals surface area contributed by atoms with Gasteiger partial charge in [0.15, 0.2) is 17.3 Å². The van der Waals surface area contributed by atoms with Gasteiger partial charge >= 0.3 is 0 Å². The SMILES string of the molecule is Cc1nc(CSc2ccccc2C(=O)NCC2COc3ccccc3O2)no1. The highest BCUT2D eigenvalue weighted by atomic mass is 32.2. The third-order valence-electron chi connectivity index (χ3n) is 4.12. The molecule has 0 saturated heterocycles. The van der Waals surface area contributed by atoms with Crippen LogP contribution < -0.4 is 14.8 Å². The number of ether oxygens (including phenoxy) is 2. The van der Waals surface area contributed by atoms with Crippen molar-refractivity contribution in [1.29, 1.82) is 0 Å². The summed E-state index contributed by atoms with van der Waals surface area (Å²) in [6.07, 6.45) is -0.235. The van der Waals surface area contributed by atoms with Gasteiger partial charge in [0.25, 0.3) is 5.91 Å². The quantitative estimate of drug-likeness (QED) is 0.639. The molecular formula is C20H19N3O4S. The molecule has 1 unspecified atom stereocenters. The number of hydrogen-bond acceptors (Lipinski definition) is 7. The van der Waals surface area contributed by atoms with Gasteiger partial charge < -0.3 is 19.3 Å². The molecule has 2 heterocycles. The predicted molar refractivity (Wildman–Crippen MR) is 104 cm³/mol. The molecule has 0 aliphatic carbocycles. The summed E-state index contributed by atoms with van der Waals surface area (Å²) < 4.78 is 16.6. The third kappa shape index (κ3) is 4.28. The van der Waals surface area contributed by atoms with Gasteiger partial charge in [-0.1, -0.05) is 29.4 Å². The number of aromatic nitrogens is 2. The number of para-hydroxylation sites is 2. The molecule has 144 valence electrons. The van der Waals surface area contributed by atoms with Crippen LogP contribution in [0.3, 0.4) is 0 Å². The van der Waals surface area contributed by atoms with E-state index in [0.29, 0.717) is 41.9 Å². The number of hydrogen-bond donors (Lipinski definition) is 1. The van der Waals surface area contributed by atoms with Crippen LogP contribution in [0.5, 0.6) is 11.5 Å². The zero-order valence-electron chi connectivity index (χ0n) is 15.3.